The molecule has 3 rings (SSSR count). The Morgan fingerprint density at radius 3 is 1.72 bits per heavy atom. The smallest absolute Gasteiger partial charge is 0.416 e. The molecule has 0 amide bonds. The number of carbonyl (C=O) groups excluding carboxylic acids is 3. The van der Waals surface area contributed by atoms with Crippen molar-refractivity contribution >= 4 is 17.7 Å². The number of pyridine rings is 1. The van der Waals surface area contributed by atoms with Crippen LogP contribution in [0.2, 0.25) is 0 Å². The zero-order valence-corrected chi connectivity index (χ0v) is 23.4. The Kier molecular flexibility index (Phi) is 10.2. The number of halogens is 6. The number of Topliss-reactive ketones (excluding diaryl/α,β-unsaturated/α-hetero) is 1. The fourth-order valence-electron chi connectivity index (χ4n) is 4.35. The normalized spacial score (nSPS) is 13.3. The highest BCUT2D eigenvalue weighted by molar-refractivity contribution is 5.99. The maximum atomic E-state index is 13.1. The van der Waals surface area contributed by atoms with E-state index in [2.05, 4.69) is 4.98 Å². The van der Waals surface area contributed by atoms with Crippen molar-refractivity contribution in [2.45, 2.75) is 51.6 Å². The Balaban J connectivity index is 1.86. The number of nitrogens with zero attached hydrogens (tertiary/aromatic N) is 1. The molecule has 0 aliphatic heterocycles. The monoisotopic (exact) mass is 611 g/mol. The highest BCUT2D eigenvalue weighted by atomic mass is 19.4. The Bertz CT molecular complexity index is 1390. The molecule has 3 aromatic rings. The lowest BCUT2D eigenvalue weighted by molar-refractivity contribution is -0.153. The molecule has 2 atom stereocenters. The molecule has 0 fully saturated rings. The average Bonchev–Trinajstić information content (AvgIpc) is 2.92. The third kappa shape index (κ3) is 8.33. The van der Waals surface area contributed by atoms with E-state index in [0.29, 0.717) is 0 Å². The van der Waals surface area contributed by atoms with Crippen molar-refractivity contribution in [3.8, 4) is 11.5 Å². The molecule has 1 aromatic heterocycles. The molecule has 0 saturated heterocycles. The van der Waals surface area contributed by atoms with Crippen molar-refractivity contribution < 1.29 is 54.9 Å². The van der Waals surface area contributed by atoms with Crippen molar-refractivity contribution in [3.05, 3.63) is 88.7 Å². The van der Waals surface area contributed by atoms with Gasteiger partial charge in [-0.1, -0.05) is 31.2 Å². The number of alkyl halides is 6. The van der Waals surface area contributed by atoms with E-state index >= 15 is 0 Å². The molecule has 0 bridgehead atoms. The molecule has 0 unspecified atom stereocenters. The Labute approximate surface area is 242 Å². The molecule has 13 heteroatoms. The van der Waals surface area contributed by atoms with Crippen LogP contribution < -0.4 is 9.47 Å². The molecular formula is C30H27F6NO6. The average molecular weight is 612 g/mol. The van der Waals surface area contributed by atoms with Gasteiger partial charge in [0.15, 0.2) is 17.2 Å². The van der Waals surface area contributed by atoms with E-state index in [1.807, 2.05) is 0 Å². The Morgan fingerprint density at radius 2 is 1.30 bits per heavy atom. The van der Waals surface area contributed by atoms with Crippen LogP contribution >= 0.6 is 0 Å². The van der Waals surface area contributed by atoms with Crippen LogP contribution in [-0.2, 0) is 26.7 Å². The summed E-state index contributed by atoms with van der Waals surface area (Å²) in [7, 11) is 1.29. The van der Waals surface area contributed by atoms with Crippen molar-refractivity contribution in [2.75, 3.05) is 7.11 Å². The van der Waals surface area contributed by atoms with Crippen molar-refractivity contribution in [1.29, 1.82) is 0 Å². The minimum atomic E-state index is -4.62. The molecule has 0 aliphatic carbocycles. The van der Waals surface area contributed by atoms with Gasteiger partial charge in [0.1, 0.15) is 6.10 Å². The number of ether oxygens (including phenoxy) is 3. The van der Waals surface area contributed by atoms with Crippen LogP contribution in [0.15, 0.2) is 60.8 Å². The fraction of sp³-hybridized carbons (Fsp3) is 0.333. The number of hydrogen-bond donors (Lipinski definition) is 0. The maximum Gasteiger partial charge on any atom is 0.416 e. The second-order valence-electron chi connectivity index (χ2n) is 9.67. The van der Waals surface area contributed by atoms with Gasteiger partial charge in [-0.15, -0.1) is 0 Å². The van der Waals surface area contributed by atoms with Gasteiger partial charge in [0.25, 0.3) is 0 Å². The van der Waals surface area contributed by atoms with Crippen molar-refractivity contribution in [3.63, 3.8) is 0 Å². The summed E-state index contributed by atoms with van der Waals surface area (Å²) in [5.74, 6) is -4.44. The fourth-order valence-corrected chi connectivity index (χ4v) is 4.35. The maximum absolute atomic E-state index is 13.1. The molecule has 0 N–H and O–H groups in total. The summed E-state index contributed by atoms with van der Waals surface area (Å²) >= 11 is 0. The predicted octanol–water partition coefficient (Wildman–Crippen LogP) is 7.03. The second-order valence-corrected chi connectivity index (χ2v) is 9.67. The summed E-state index contributed by atoms with van der Waals surface area (Å²) in [6.07, 6.45) is -9.48. The zero-order chi connectivity index (χ0) is 32.1. The summed E-state index contributed by atoms with van der Waals surface area (Å²) in [5.41, 5.74) is -1.61. The summed E-state index contributed by atoms with van der Waals surface area (Å²) in [6, 6.07) is 9.31. The highest BCUT2D eigenvalue weighted by Crippen LogP contribution is 2.37. The van der Waals surface area contributed by atoms with Crippen LogP contribution in [-0.4, -0.2) is 35.9 Å². The zero-order valence-electron chi connectivity index (χ0n) is 23.4. The van der Waals surface area contributed by atoms with Gasteiger partial charge in [-0.2, -0.15) is 26.3 Å². The van der Waals surface area contributed by atoms with Gasteiger partial charge in [0.05, 0.1) is 24.2 Å². The van der Waals surface area contributed by atoms with Gasteiger partial charge < -0.3 is 14.2 Å². The van der Waals surface area contributed by atoms with Gasteiger partial charge in [-0.3, -0.25) is 14.4 Å². The minimum absolute atomic E-state index is 0.0633. The third-order valence-electron chi connectivity index (χ3n) is 6.46. The van der Waals surface area contributed by atoms with Crippen LogP contribution in [0.4, 0.5) is 26.3 Å². The quantitative estimate of drug-likeness (QED) is 0.138. The van der Waals surface area contributed by atoms with Crippen LogP contribution in [0.1, 0.15) is 65.9 Å². The van der Waals surface area contributed by atoms with E-state index in [1.54, 1.807) is 0 Å². The first-order valence-corrected chi connectivity index (χ1v) is 12.8. The number of aromatic nitrogens is 1. The molecule has 0 spiro atoms. The predicted molar refractivity (Wildman–Crippen MR) is 140 cm³/mol. The van der Waals surface area contributed by atoms with E-state index in [1.165, 1.54) is 33.2 Å². The SMILES string of the molecule is COc1ccnc(C(=O)C[C@@H](C)C(=O)O[C@@H](C)C(c2ccc(C(F)(F)F)cc2)c2ccc(C(F)(F)F)cc2)c1OC(C)=O. The summed E-state index contributed by atoms with van der Waals surface area (Å²) in [5, 5.41) is 0. The molecule has 2 aromatic carbocycles. The number of ketones is 1. The van der Waals surface area contributed by atoms with Gasteiger partial charge in [0.2, 0.25) is 5.75 Å². The first-order valence-electron chi connectivity index (χ1n) is 12.8. The van der Waals surface area contributed by atoms with Crippen LogP contribution in [0.5, 0.6) is 11.5 Å². The number of esters is 2. The highest BCUT2D eigenvalue weighted by Gasteiger charge is 2.34. The van der Waals surface area contributed by atoms with Gasteiger partial charge >= 0.3 is 24.3 Å². The Morgan fingerprint density at radius 1 is 0.814 bits per heavy atom. The second kappa shape index (κ2) is 13.3. The summed E-state index contributed by atoms with van der Waals surface area (Å²) in [6.45, 7) is 3.95. The lowest BCUT2D eigenvalue weighted by Crippen LogP contribution is -2.28. The number of hydrogen-bond acceptors (Lipinski definition) is 7. The van der Waals surface area contributed by atoms with E-state index in [4.69, 9.17) is 14.2 Å². The van der Waals surface area contributed by atoms with Crippen LogP contribution in [0.25, 0.3) is 0 Å². The van der Waals surface area contributed by atoms with E-state index < -0.39 is 65.6 Å². The first-order chi connectivity index (χ1) is 20.0. The number of carbonyl (C=O) groups is 3. The standard InChI is InChI=1S/C30H27F6NO6/c1-16(15-23(39)26-27(43-18(3)38)24(41-4)13-14-37-26)28(40)42-17(2)25(19-5-9-21(10-6-19)29(31,32)33)20-7-11-22(12-8-20)30(34,35)36/h5-14,16-17,25H,15H2,1-4H3/t16-,17+/m1/s1. The third-order valence-corrected chi connectivity index (χ3v) is 6.46. The summed E-state index contributed by atoms with van der Waals surface area (Å²) in [4.78, 5) is 41.5. The van der Waals surface area contributed by atoms with Crippen molar-refractivity contribution in [2.24, 2.45) is 5.92 Å². The summed E-state index contributed by atoms with van der Waals surface area (Å²) < 4.78 is 94.6. The largest absolute Gasteiger partial charge is 0.493 e. The van der Waals surface area contributed by atoms with Crippen LogP contribution in [0.3, 0.4) is 0 Å². The molecule has 230 valence electrons. The van der Waals surface area contributed by atoms with Gasteiger partial charge in [-0.25, -0.2) is 4.98 Å². The number of methoxy groups -OCH3 is 1. The topological polar surface area (TPSA) is 91.8 Å². The number of rotatable bonds is 10. The van der Waals surface area contributed by atoms with Crippen LogP contribution in [0, 0.1) is 5.92 Å². The van der Waals surface area contributed by atoms with E-state index in [-0.39, 0.29) is 28.3 Å². The number of benzene rings is 2. The molecule has 7 nitrogen and oxygen atoms in total. The lowest BCUT2D eigenvalue weighted by Gasteiger charge is -2.27. The van der Waals surface area contributed by atoms with E-state index in [0.717, 1.165) is 55.5 Å². The van der Waals surface area contributed by atoms with Crippen molar-refractivity contribution in [1.82, 2.24) is 4.98 Å². The minimum Gasteiger partial charge on any atom is -0.493 e. The van der Waals surface area contributed by atoms with E-state index in [9.17, 15) is 40.7 Å². The van der Waals surface area contributed by atoms with Gasteiger partial charge in [-0.05, 0) is 42.3 Å². The Hall–Kier alpha value is -4.42. The molecular weight excluding hydrogens is 584 g/mol. The molecule has 1 heterocycles. The lowest BCUT2D eigenvalue weighted by atomic mass is 9.86. The first kappa shape index (κ1) is 33.1. The molecule has 0 aliphatic rings. The molecule has 0 radical (unpaired) electrons. The molecule has 0 saturated carbocycles. The van der Waals surface area contributed by atoms with Gasteiger partial charge in [0, 0.05) is 31.5 Å². The molecule has 43 heavy (non-hydrogen) atoms.